The fourth-order valence-corrected chi connectivity index (χ4v) is 3.00. The Labute approximate surface area is 116 Å². The van der Waals surface area contributed by atoms with Gasteiger partial charge in [-0.15, -0.1) is 11.3 Å². The summed E-state index contributed by atoms with van der Waals surface area (Å²) in [6.07, 6.45) is 2.02. The van der Waals surface area contributed by atoms with Gasteiger partial charge in [0.2, 0.25) is 0 Å². The molecule has 0 aliphatic heterocycles. The number of thiophene rings is 1. The van der Waals surface area contributed by atoms with Crippen LogP contribution < -0.4 is 22.1 Å². The van der Waals surface area contributed by atoms with E-state index in [1.165, 1.54) is 0 Å². The summed E-state index contributed by atoms with van der Waals surface area (Å²) < 4.78 is 0. The molecule has 6 N–H and O–H groups in total. The molecule has 1 aromatic rings. The predicted molar refractivity (Wildman–Crippen MR) is 78.6 cm³/mol. The van der Waals surface area contributed by atoms with Crippen molar-refractivity contribution < 1.29 is 9.59 Å². The number of hydrogen-bond donors (Lipinski definition) is 3. The van der Waals surface area contributed by atoms with Crippen LogP contribution in [-0.2, 0) is 0 Å². The summed E-state index contributed by atoms with van der Waals surface area (Å²) in [6, 6.07) is 0. The van der Waals surface area contributed by atoms with E-state index in [1.54, 1.807) is 0 Å². The molecular weight excluding hydrogens is 264 g/mol. The largest absolute Gasteiger partial charge is 0.397 e. The minimum absolute atomic E-state index is 0.0925. The van der Waals surface area contributed by atoms with E-state index in [0.717, 1.165) is 30.7 Å². The third-order valence-electron chi connectivity index (χ3n) is 2.85. The lowest BCUT2D eigenvalue weighted by Gasteiger charge is -2.22. The van der Waals surface area contributed by atoms with Gasteiger partial charge in [-0.25, -0.2) is 0 Å². The van der Waals surface area contributed by atoms with Crippen molar-refractivity contribution in [1.82, 2.24) is 0 Å². The van der Waals surface area contributed by atoms with Crippen molar-refractivity contribution in [3.63, 3.8) is 0 Å². The maximum absolute atomic E-state index is 11.5. The van der Waals surface area contributed by atoms with Crippen LogP contribution in [0.3, 0.4) is 0 Å². The van der Waals surface area contributed by atoms with Crippen LogP contribution in [0.15, 0.2) is 0 Å². The van der Waals surface area contributed by atoms with Gasteiger partial charge in [0.25, 0.3) is 11.8 Å². The number of nitrogens with two attached hydrogens (primary N) is 3. The molecule has 106 valence electrons. The van der Waals surface area contributed by atoms with E-state index in [4.69, 9.17) is 17.2 Å². The molecule has 0 fully saturated rings. The molecule has 1 aromatic heterocycles. The second-order valence-corrected chi connectivity index (χ2v) is 5.19. The third kappa shape index (κ3) is 3.17. The number of nitrogen functional groups attached to an aromatic ring is 1. The summed E-state index contributed by atoms with van der Waals surface area (Å²) >= 11 is 1.13. The summed E-state index contributed by atoms with van der Waals surface area (Å²) in [5, 5.41) is 0.634. The Morgan fingerprint density at radius 1 is 1.21 bits per heavy atom. The zero-order valence-electron chi connectivity index (χ0n) is 11.2. The van der Waals surface area contributed by atoms with E-state index in [9.17, 15) is 9.59 Å². The first-order chi connectivity index (χ1) is 8.93. The Hall–Kier alpha value is -1.76. The minimum atomic E-state index is -0.636. The predicted octanol–water partition coefficient (Wildman–Crippen LogP) is 1.15. The Morgan fingerprint density at radius 3 is 2.26 bits per heavy atom. The molecule has 0 unspecified atom stereocenters. The molecule has 0 spiro atoms. The number of carbonyl (C=O) groups excluding carboxylic acids is 2. The molecule has 0 aliphatic carbocycles. The van der Waals surface area contributed by atoms with E-state index in [1.807, 2.05) is 11.8 Å². The zero-order chi connectivity index (χ0) is 14.6. The molecule has 0 radical (unpaired) electrons. The van der Waals surface area contributed by atoms with Gasteiger partial charge in [-0.1, -0.05) is 13.3 Å². The van der Waals surface area contributed by atoms with Crippen LogP contribution in [0.2, 0.25) is 0 Å². The first-order valence-corrected chi connectivity index (χ1v) is 7.02. The van der Waals surface area contributed by atoms with Crippen LogP contribution >= 0.6 is 11.3 Å². The number of carbonyl (C=O) groups is 2. The second kappa shape index (κ2) is 6.42. The highest BCUT2D eigenvalue weighted by molar-refractivity contribution is 7.19. The van der Waals surface area contributed by atoms with Crippen molar-refractivity contribution in [2.45, 2.75) is 26.7 Å². The Morgan fingerprint density at radius 2 is 1.84 bits per heavy atom. The van der Waals surface area contributed by atoms with E-state index < -0.39 is 11.8 Å². The highest BCUT2D eigenvalue weighted by atomic mass is 32.1. The number of amides is 2. The lowest BCUT2D eigenvalue weighted by Crippen LogP contribution is -2.26. The van der Waals surface area contributed by atoms with E-state index in [2.05, 4.69) is 6.92 Å². The van der Waals surface area contributed by atoms with Crippen LogP contribution in [0, 0.1) is 0 Å². The Bertz CT molecular complexity index is 484. The molecule has 0 saturated heterocycles. The van der Waals surface area contributed by atoms with Gasteiger partial charge in [-0.05, 0) is 13.3 Å². The van der Waals surface area contributed by atoms with Crippen molar-refractivity contribution in [2.75, 3.05) is 23.7 Å². The second-order valence-electron chi connectivity index (χ2n) is 4.19. The SMILES string of the molecule is CCCCN(CC)c1sc(C(N)=O)c(N)c1C(N)=O. The van der Waals surface area contributed by atoms with Gasteiger partial charge in [0.1, 0.15) is 9.88 Å². The van der Waals surface area contributed by atoms with Crippen LogP contribution in [0.4, 0.5) is 10.7 Å². The van der Waals surface area contributed by atoms with Gasteiger partial charge in [0.05, 0.1) is 11.3 Å². The molecule has 0 atom stereocenters. The molecule has 0 aliphatic rings. The number of primary amides is 2. The highest BCUT2D eigenvalue weighted by Gasteiger charge is 2.25. The first kappa shape index (κ1) is 15.3. The zero-order valence-corrected chi connectivity index (χ0v) is 12.0. The molecular formula is C12H20N4O2S. The summed E-state index contributed by atoms with van der Waals surface area (Å²) in [5.41, 5.74) is 16.7. The van der Waals surface area contributed by atoms with Gasteiger partial charge < -0.3 is 22.1 Å². The van der Waals surface area contributed by atoms with Gasteiger partial charge in [-0.3, -0.25) is 9.59 Å². The number of rotatable bonds is 7. The number of nitrogens with zero attached hydrogens (tertiary/aromatic N) is 1. The van der Waals surface area contributed by atoms with Crippen LogP contribution in [0.1, 0.15) is 46.7 Å². The Kier molecular flexibility index (Phi) is 5.17. The topological polar surface area (TPSA) is 115 Å². The summed E-state index contributed by atoms with van der Waals surface area (Å²) in [6.45, 7) is 5.55. The number of unbranched alkanes of at least 4 members (excludes halogenated alkanes) is 1. The van der Waals surface area contributed by atoms with Crippen LogP contribution in [0.5, 0.6) is 0 Å². The van der Waals surface area contributed by atoms with Gasteiger partial charge in [0.15, 0.2) is 0 Å². The lowest BCUT2D eigenvalue weighted by atomic mass is 10.2. The quantitative estimate of drug-likeness (QED) is 0.696. The molecule has 0 aromatic carbocycles. The fraction of sp³-hybridized carbons (Fsp3) is 0.500. The molecule has 6 nitrogen and oxygen atoms in total. The van der Waals surface area contributed by atoms with Crippen molar-refractivity contribution in [1.29, 1.82) is 0 Å². The average molecular weight is 284 g/mol. The maximum atomic E-state index is 11.5. The van der Waals surface area contributed by atoms with Gasteiger partial charge >= 0.3 is 0 Å². The molecule has 0 saturated carbocycles. The third-order valence-corrected chi connectivity index (χ3v) is 4.13. The van der Waals surface area contributed by atoms with Crippen molar-refractivity contribution >= 4 is 33.8 Å². The van der Waals surface area contributed by atoms with Gasteiger partial charge in [-0.2, -0.15) is 0 Å². The molecule has 19 heavy (non-hydrogen) atoms. The van der Waals surface area contributed by atoms with Crippen molar-refractivity contribution in [3.8, 4) is 0 Å². The van der Waals surface area contributed by atoms with Crippen LogP contribution in [0.25, 0.3) is 0 Å². The van der Waals surface area contributed by atoms with Crippen molar-refractivity contribution in [2.24, 2.45) is 11.5 Å². The van der Waals surface area contributed by atoms with Crippen molar-refractivity contribution in [3.05, 3.63) is 10.4 Å². The number of anilines is 2. The average Bonchev–Trinajstić information content (AvgIpc) is 2.68. The summed E-state index contributed by atoms with van der Waals surface area (Å²) in [4.78, 5) is 25.1. The highest BCUT2D eigenvalue weighted by Crippen LogP contribution is 2.37. The maximum Gasteiger partial charge on any atom is 0.260 e. The monoisotopic (exact) mass is 284 g/mol. The van der Waals surface area contributed by atoms with E-state index in [0.29, 0.717) is 11.5 Å². The lowest BCUT2D eigenvalue weighted by molar-refractivity contribution is 0.0999. The Balaban J connectivity index is 3.27. The van der Waals surface area contributed by atoms with Crippen LogP contribution in [-0.4, -0.2) is 24.9 Å². The van der Waals surface area contributed by atoms with Gasteiger partial charge in [0, 0.05) is 13.1 Å². The summed E-state index contributed by atoms with van der Waals surface area (Å²) in [5.74, 6) is -1.27. The normalized spacial score (nSPS) is 10.4. The molecule has 1 rings (SSSR count). The molecule has 7 heteroatoms. The number of hydrogen-bond acceptors (Lipinski definition) is 5. The minimum Gasteiger partial charge on any atom is -0.397 e. The van der Waals surface area contributed by atoms with E-state index in [-0.39, 0.29) is 16.1 Å². The first-order valence-electron chi connectivity index (χ1n) is 6.20. The molecule has 0 bridgehead atoms. The van der Waals surface area contributed by atoms with E-state index >= 15 is 0 Å². The fourth-order valence-electron chi connectivity index (χ4n) is 1.83. The molecule has 1 heterocycles. The summed E-state index contributed by atoms with van der Waals surface area (Å²) in [7, 11) is 0. The smallest absolute Gasteiger partial charge is 0.260 e. The molecule has 2 amide bonds. The standard InChI is InChI=1S/C12H20N4O2S/c1-3-5-6-16(4-2)12-7(10(14)17)8(13)9(19-12)11(15)18/h3-6,13H2,1-2H3,(H2,14,17)(H2,15,18).